The quantitative estimate of drug-likeness (QED) is 0.374. The third-order valence-electron chi connectivity index (χ3n) is 5.70. The number of nitrogens with zero attached hydrogens (tertiary/aromatic N) is 1. The van der Waals surface area contributed by atoms with Crippen LogP contribution in [0.3, 0.4) is 0 Å². The first-order chi connectivity index (χ1) is 16.0. The van der Waals surface area contributed by atoms with E-state index in [9.17, 15) is 14.7 Å². The summed E-state index contributed by atoms with van der Waals surface area (Å²) in [5.41, 5.74) is 1.59. The van der Waals surface area contributed by atoms with Gasteiger partial charge >= 0.3 is 5.97 Å². The molecule has 0 radical (unpaired) electrons. The van der Waals surface area contributed by atoms with Gasteiger partial charge in [0.2, 0.25) is 5.91 Å². The van der Waals surface area contributed by atoms with E-state index in [0.717, 1.165) is 24.9 Å². The SMILES string of the molecule is COC(=O)c1ccc(CNCC[C@H]2CCC(=O)N2C[C@H](O)COc2cccc(OC)c2)cc1. The number of likely N-dealkylation sites (tertiary alicyclic amines) is 1. The monoisotopic (exact) mass is 456 g/mol. The summed E-state index contributed by atoms with van der Waals surface area (Å²) in [6.07, 6.45) is 1.32. The number of nitrogens with one attached hydrogen (secondary N) is 1. The molecule has 2 aromatic rings. The standard InChI is InChI=1S/C25H32N2O6/c1-31-22-4-3-5-23(14-22)33-17-21(28)16-27-20(10-11-24(27)29)12-13-26-15-18-6-8-19(9-7-18)25(30)32-2/h3-9,14,20-21,26,28H,10-13,15-17H2,1-2H3/t20-,21+/m1/s1. The molecule has 0 aromatic heterocycles. The molecule has 2 atom stereocenters. The van der Waals surface area contributed by atoms with Gasteiger partial charge in [0.05, 0.1) is 26.3 Å². The lowest BCUT2D eigenvalue weighted by Gasteiger charge is -2.27. The number of esters is 1. The maximum absolute atomic E-state index is 12.3. The van der Waals surface area contributed by atoms with Crippen LogP contribution in [-0.2, 0) is 16.1 Å². The molecule has 178 valence electrons. The summed E-state index contributed by atoms with van der Waals surface area (Å²) < 4.78 is 15.5. The summed E-state index contributed by atoms with van der Waals surface area (Å²) in [7, 11) is 2.95. The molecule has 2 N–H and O–H groups in total. The molecular formula is C25H32N2O6. The molecule has 3 rings (SSSR count). The first-order valence-corrected chi connectivity index (χ1v) is 11.1. The van der Waals surface area contributed by atoms with Crippen LogP contribution in [0.1, 0.15) is 35.2 Å². The highest BCUT2D eigenvalue weighted by Gasteiger charge is 2.31. The van der Waals surface area contributed by atoms with Crippen LogP contribution in [0.25, 0.3) is 0 Å². The van der Waals surface area contributed by atoms with E-state index in [1.807, 2.05) is 24.3 Å². The van der Waals surface area contributed by atoms with Gasteiger partial charge in [-0.05, 0) is 49.2 Å². The average molecular weight is 457 g/mol. The third-order valence-corrected chi connectivity index (χ3v) is 5.70. The van der Waals surface area contributed by atoms with Crippen molar-refractivity contribution in [1.82, 2.24) is 10.2 Å². The lowest BCUT2D eigenvalue weighted by molar-refractivity contribution is -0.130. The summed E-state index contributed by atoms with van der Waals surface area (Å²) in [6, 6.07) is 14.6. The average Bonchev–Trinajstić information content (AvgIpc) is 3.19. The first-order valence-electron chi connectivity index (χ1n) is 11.1. The molecule has 2 aromatic carbocycles. The second-order valence-electron chi connectivity index (χ2n) is 8.04. The normalized spacial score (nSPS) is 16.5. The fourth-order valence-electron chi connectivity index (χ4n) is 3.89. The summed E-state index contributed by atoms with van der Waals surface area (Å²) in [5, 5.41) is 13.8. The van der Waals surface area contributed by atoms with E-state index in [0.29, 0.717) is 30.0 Å². The molecule has 0 spiro atoms. The number of aliphatic hydroxyl groups excluding tert-OH is 1. The van der Waals surface area contributed by atoms with Gasteiger partial charge in [0.1, 0.15) is 24.2 Å². The number of hydrogen-bond donors (Lipinski definition) is 2. The number of hydrogen-bond acceptors (Lipinski definition) is 7. The van der Waals surface area contributed by atoms with Crippen LogP contribution in [0.15, 0.2) is 48.5 Å². The van der Waals surface area contributed by atoms with Crippen molar-refractivity contribution in [2.24, 2.45) is 0 Å². The molecule has 1 aliphatic rings. The highest BCUT2D eigenvalue weighted by atomic mass is 16.5. The molecule has 1 heterocycles. The molecule has 0 unspecified atom stereocenters. The molecule has 0 saturated carbocycles. The van der Waals surface area contributed by atoms with Crippen molar-refractivity contribution in [3.63, 3.8) is 0 Å². The van der Waals surface area contributed by atoms with Crippen molar-refractivity contribution in [2.75, 3.05) is 33.9 Å². The molecule has 1 fully saturated rings. The Bertz CT molecular complexity index is 917. The number of methoxy groups -OCH3 is 2. The number of β-amino-alcohol motifs (C(OH)–C–C–N with tert-alkyl or cyclic N) is 1. The predicted molar refractivity (Wildman–Crippen MR) is 123 cm³/mol. The van der Waals surface area contributed by atoms with E-state index in [1.54, 1.807) is 36.3 Å². The van der Waals surface area contributed by atoms with Gasteiger partial charge < -0.3 is 29.5 Å². The van der Waals surface area contributed by atoms with Crippen LogP contribution in [0, 0.1) is 0 Å². The zero-order valence-corrected chi connectivity index (χ0v) is 19.2. The van der Waals surface area contributed by atoms with Crippen molar-refractivity contribution in [1.29, 1.82) is 0 Å². The van der Waals surface area contributed by atoms with Crippen molar-refractivity contribution in [3.05, 3.63) is 59.7 Å². The van der Waals surface area contributed by atoms with Gasteiger partial charge in [-0.2, -0.15) is 0 Å². The van der Waals surface area contributed by atoms with Crippen LogP contribution in [0.2, 0.25) is 0 Å². The fourth-order valence-corrected chi connectivity index (χ4v) is 3.89. The number of amides is 1. The molecule has 0 aliphatic carbocycles. The molecule has 1 saturated heterocycles. The molecule has 33 heavy (non-hydrogen) atoms. The van der Waals surface area contributed by atoms with Crippen LogP contribution in [0.4, 0.5) is 0 Å². The maximum Gasteiger partial charge on any atom is 0.337 e. The number of benzene rings is 2. The zero-order valence-electron chi connectivity index (χ0n) is 19.2. The topological polar surface area (TPSA) is 97.3 Å². The fraction of sp³-hybridized carbons (Fsp3) is 0.440. The summed E-state index contributed by atoms with van der Waals surface area (Å²) >= 11 is 0. The van der Waals surface area contributed by atoms with Crippen LogP contribution in [0.5, 0.6) is 11.5 Å². The van der Waals surface area contributed by atoms with Crippen molar-refractivity contribution < 1.29 is 28.9 Å². The van der Waals surface area contributed by atoms with Crippen molar-refractivity contribution in [2.45, 2.75) is 38.0 Å². The lowest BCUT2D eigenvalue weighted by atomic mass is 10.1. The Balaban J connectivity index is 1.41. The van der Waals surface area contributed by atoms with E-state index in [1.165, 1.54) is 7.11 Å². The van der Waals surface area contributed by atoms with Gasteiger partial charge in [-0.25, -0.2) is 4.79 Å². The number of rotatable bonds is 12. The largest absolute Gasteiger partial charge is 0.497 e. The summed E-state index contributed by atoms with van der Waals surface area (Å²) in [6.45, 7) is 1.76. The highest BCUT2D eigenvalue weighted by molar-refractivity contribution is 5.89. The van der Waals surface area contributed by atoms with Gasteiger partial charge in [0, 0.05) is 25.1 Å². The van der Waals surface area contributed by atoms with E-state index in [2.05, 4.69) is 5.32 Å². The van der Waals surface area contributed by atoms with E-state index >= 15 is 0 Å². The number of carbonyl (C=O) groups is 2. The van der Waals surface area contributed by atoms with E-state index in [-0.39, 0.29) is 31.1 Å². The van der Waals surface area contributed by atoms with Crippen molar-refractivity contribution in [3.8, 4) is 11.5 Å². The van der Waals surface area contributed by atoms with E-state index < -0.39 is 6.10 Å². The van der Waals surface area contributed by atoms with Crippen LogP contribution < -0.4 is 14.8 Å². The first kappa shape index (κ1) is 24.5. The maximum atomic E-state index is 12.3. The Labute approximate surface area is 194 Å². The second-order valence-corrected chi connectivity index (χ2v) is 8.04. The van der Waals surface area contributed by atoms with Gasteiger partial charge in [-0.3, -0.25) is 4.79 Å². The van der Waals surface area contributed by atoms with Crippen molar-refractivity contribution >= 4 is 11.9 Å². The Morgan fingerprint density at radius 1 is 1.18 bits per heavy atom. The lowest BCUT2D eigenvalue weighted by Crippen LogP contribution is -2.42. The smallest absolute Gasteiger partial charge is 0.337 e. The van der Waals surface area contributed by atoms with Gasteiger partial charge in [0.25, 0.3) is 0 Å². The number of carbonyl (C=O) groups excluding carboxylic acids is 2. The van der Waals surface area contributed by atoms with Gasteiger partial charge in [0.15, 0.2) is 0 Å². The van der Waals surface area contributed by atoms with Gasteiger partial charge in [-0.15, -0.1) is 0 Å². The molecule has 1 aliphatic heterocycles. The Morgan fingerprint density at radius 3 is 2.67 bits per heavy atom. The molecule has 8 heteroatoms. The van der Waals surface area contributed by atoms with Crippen LogP contribution in [-0.4, -0.2) is 67.9 Å². The number of ether oxygens (including phenoxy) is 3. The van der Waals surface area contributed by atoms with Gasteiger partial charge in [-0.1, -0.05) is 18.2 Å². The Morgan fingerprint density at radius 2 is 1.94 bits per heavy atom. The minimum Gasteiger partial charge on any atom is -0.497 e. The van der Waals surface area contributed by atoms with E-state index in [4.69, 9.17) is 14.2 Å². The molecule has 0 bridgehead atoms. The molecule has 1 amide bonds. The molecule has 8 nitrogen and oxygen atoms in total. The number of aliphatic hydroxyl groups is 1. The third kappa shape index (κ3) is 7.20. The Kier molecular flexibility index (Phi) is 9.09. The minimum absolute atomic E-state index is 0.0684. The minimum atomic E-state index is -0.776. The van der Waals surface area contributed by atoms with Crippen LogP contribution >= 0.6 is 0 Å². The second kappa shape index (κ2) is 12.2. The molecular weight excluding hydrogens is 424 g/mol. The zero-order chi connectivity index (χ0) is 23.6. The Hall–Kier alpha value is -3.10. The summed E-state index contributed by atoms with van der Waals surface area (Å²) in [5.74, 6) is 1.01. The summed E-state index contributed by atoms with van der Waals surface area (Å²) in [4.78, 5) is 25.6. The highest BCUT2D eigenvalue weighted by Crippen LogP contribution is 2.22. The predicted octanol–water partition coefficient (Wildman–Crippen LogP) is 2.39.